The molecular formula is C18H20F5N3O2S. The first-order chi connectivity index (χ1) is 13.6. The first kappa shape index (κ1) is 20.9. The van der Waals surface area contributed by atoms with Gasteiger partial charge in [0.05, 0.1) is 6.61 Å². The molecule has 1 fully saturated rings. The number of alkyl halides is 3. The second-order valence-corrected chi connectivity index (χ2v) is 9.06. The highest BCUT2D eigenvalue weighted by Crippen LogP contribution is 2.36. The molecule has 2 N–H and O–H groups in total. The summed E-state index contributed by atoms with van der Waals surface area (Å²) >= 11 is 0. The van der Waals surface area contributed by atoms with Gasteiger partial charge in [0.15, 0.2) is 0 Å². The van der Waals surface area contributed by atoms with Crippen LogP contribution in [-0.2, 0) is 15.7 Å². The lowest BCUT2D eigenvalue weighted by atomic mass is 9.93. The fraction of sp³-hybridized carbons (Fsp3) is 0.556. The zero-order valence-electron chi connectivity index (χ0n) is 15.3. The third-order valence-electron chi connectivity index (χ3n) is 5.64. The molecule has 1 unspecified atom stereocenters. The van der Waals surface area contributed by atoms with Gasteiger partial charge in [-0.1, -0.05) is 0 Å². The van der Waals surface area contributed by atoms with E-state index in [4.69, 9.17) is 10.5 Å². The van der Waals surface area contributed by atoms with E-state index >= 15 is 0 Å². The Kier molecular flexibility index (Phi) is 5.53. The highest BCUT2D eigenvalue weighted by molar-refractivity contribution is 7.83. The number of rotatable bonds is 3. The number of ether oxygens (including phenoxy) is 1. The predicted molar refractivity (Wildman–Crippen MR) is 95.8 cm³/mol. The van der Waals surface area contributed by atoms with Crippen LogP contribution in [0.15, 0.2) is 29.3 Å². The largest absolute Gasteiger partial charge is 0.485 e. The van der Waals surface area contributed by atoms with Crippen molar-refractivity contribution in [3.8, 4) is 0 Å². The van der Waals surface area contributed by atoms with Crippen molar-refractivity contribution in [3.63, 3.8) is 0 Å². The molecule has 3 heterocycles. The highest BCUT2D eigenvalue weighted by Gasteiger charge is 2.45. The van der Waals surface area contributed by atoms with Gasteiger partial charge in [0, 0.05) is 43.8 Å². The van der Waals surface area contributed by atoms with Crippen molar-refractivity contribution in [3.05, 3.63) is 46.5 Å². The first-order valence-electron chi connectivity index (χ1n) is 9.13. The van der Waals surface area contributed by atoms with Crippen molar-refractivity contribution in [2.75, 3.05) is 32.8 Å². The third-order valence-corrected chi connectivity index (χ3v) is 6.76. The van der Waals surface area contributed by atoms with Gasteiger partial charge in [0.25, 0.3) is 0 Å². The van der Waals surface area contributed by atoms with Gasteiger partial charge in [-0.15, -0.1) is 0 Å². The van der Waals surface area contributed by atoms with E-state index in [0.717, 1.165) is 33.7 Å². The molecule has 4 atom stereocenters. The molecule has 1 saturated heterocycles. The lowest BCUT2D eigenvalue weighted by Gasteiger charge is -2.39. The van der Waals surface area contributed by atoms with Crippen LogP contribution in [0.5, 0.6) is 0 Å². The van der Waals surface area contributed by atoms with Crippen molar-refractivity contribution in [2.45, 2.75) is 30.1 Å². The molecule has 160 valence electrons. The molecular weight excluding hydrogens is 417 g/mol. The zero-order valence-corrected chi connectivity index (χ0v) is 16.1. The molecule has 1 aromatic carbocycles. The van der Waals surface area contributed by atoms with Gasteiger partial charge in [-0.25, -0.2) is 17.3 Å². The van der Waals surface area contributed by atoms with Gasteiger partial charge in [-0.2, -0.15) is 13.2 Å². The second kappa shape index (κ2) is 7.69. The summed E-state index contributed by atoms with van der Waals surface area (Å²) in [6.07, 6.45) is -0.270. The fourth-order valence-electron chi connectivity index (χ4n) is 4.25. The summed E-state index contributed by atoms with van der Waals surface area (Å²) in [4.78, 5) is 2.07. The number of halogens is 5. The Labute approximate surface area is 166 Å². The van der Waals surface area contributed by atoms with Crippen LogP contribution in [0, 0.1) is 11.6 Å². The summed E-state index contributed by atoms with van der Waals surface area (Å²) in [5, 5.41) is 0. The van der Waals surface area contributed by atoms with Crippen molar-refractivity contribution in [1.82, 2.24) is 9.21 Å². The topological polar surface area (TPSA) is 58.8 Å². The molecule has 0 aliphatic carbocycles. The average Bonchev–Trinajstić information content (AvgIpc) is 3.21. The number of benzene rings is 1. The van der Waals surface area contributed by atoms with E-state index in [-0.39, 0.29) is 31.3 Å². The quantitative estimate of drug-likeness (QED) is 0.582. The average molecular weight is 437 g/mol. The standard InChI is InChI=1S/C18H20F5N3O2S/c19-12-1-2-15(20)14(3-12)17-16(24)4-13(9-28-17)25-5-10-7-26(8-11(10)6-25)29(27)18(21,22)23/h1-3,13,16-17H,4-9,24H2/t13-,16+,17-,29?/m1/s1. The highest BCUT2D eigenvalue weighted by atomic mass is 32.2. The van der Waals surface area contributed by atoms with Gasteiger partial charge < -0.3 is 10.5 Å². The summed E-state index contributed by atoms with van der Waals surface area (Å²) in [6, 6.07) is 2.53. The summed E-state index contributed by atoms with van der Waals surface area (Å²) in [6.45, 7) is 1.22. The molecule has 0 radical (unpaired) electrons. The maximum absolute atomic E-state index is 14.0. The Hall–Kier alpha value is -1.40. The van der Waals surface area contributed by atoms with Crippen molar-refractivity contribution >= 4 is 11.0 Å². The first-order valence-corrected chi connectivity index (χ1v) is 10.2. The van der Waals surface area contributed by atoms with E-state index in [0.29, 0.717) is 19.5 Å². The van der Waals surface area contributed by atoms with Gasteiger partial charge in [0.1, 0.15) is 17.7 Å². The zero-order chi connectivity index (χ0) is 20.9. The molecule has 4 rings (SSSR count). The third kappa shape index (κ3) is 4.11. The predicted octanol–water partition coefficient (Wildman–Crippen LogP) is 2.23. The monoisotopic (exact) mass is 437 g/mol. The molecule has 0 aromatic heterocycles. The normalized spacial score (nSPS) is 30.1. The van der Waals surface area contributed by atoms with E-state index in [2.05, 4.69) is 4.90 Å². The van der Waals surface area contributed by atoms with Crippen LogP contribution in [0.25, 0.3) is 0 Å². The SMILES string of the molecule is N[C@H]1C[C@@H](N2CC3=C(C2)CN(S(=O)C(F)(F)F)C3)CO[C@@H]1c1cc(F)ccc1F. The molecule has 3 aliphatic heterocycles. The van der Waals surface area contributed by atoms with E-state index in [1.807, 2.05) is 0 Å². The van der Waals surface area contributed by atoms with Crippen LogP contribution in [-0.4, -0.2) is 63.8 Å². The van der Waals surface area contributed by atoms with Crippen molar-refractivity contribution < 1.29 is 30.9 Å². The van der Waals surface area contributed by atoms with Gasteiger partial charge in [0.2, 0.25) is 11.0 Å². The van der Waals surface area contributed by atoms with Crippen molar-refractivity contribution in [1.29, 1.82) is 0 Å². The van der Waals surface area contributed by atoms with Crippen LogP contribution < -0.4 is 5.73 Å². The van der Waals surface area contributed by atoms with E-state index < -0.39 is 40.3 Å². The Morgan fingerprint density at radius 3 is 2.34 bits per heavy atom. The van der Waals surface area contributed by atoms with Crippen molar-refractivity contribution in [2.24, 2.45) is 5.73 Å². The van der Waals surface area contributed by atoms with Crippen LogP contribution in [0.2, 0.25) is 0 Å². The maximum atomic E-state index is 14.0. The fourth-order valence-corrected chi connectivity index (χ4v) is 5.09. The molecule has 0 spiro atoms. The van der Waals surface area contributed by atoms with Gasteiger partial charge in [-0.05, 0) is 35.8 Å². The molecule has 0 amide bonds. The van der Waals surface area contributed by atoms with Crippen LogP contribution in [0.4, 0.5) is 22.0 Å². The molecule has 11 heteroatoms. The minimum absolute atomic E-state index is 0.0225. The lowest BCUT2D eigenvalue weighted by Crippen LogP contribution is -2.49. The lowest BCUT2D eigenvalue weighted by molar-refractivity contribution is -0.0472. The molecule has 0 saturated carbocycles. The summed E-state index contributed by atoms with van der Waals surface area (Å²) in [5.74, 6) is -1.15. The van der Waals surface area contributed by atoms with Gasteiger partial charge in [-0.3, -0.25) is 4.90 Å². The minimum atomic E-state index is -4.76. The molecule has 0 bridgehead atoms. The maximum Gasteiger partial charge on any atom is 0.485 e. The van der Waals surface area contributed by atoms with Crippen LogP contribution in [0.1, 0.15) is 18.1 Å². The Morgan fingerprint density at radius 1 is 1.10 bits per heavy atom. The summed E-state index contributed by atoms with van der Waals surface area (Å²) < 4.78 is 83.7. The van der Waals surface area contributed by atoms with Gasteiger partial charge >= 0.3 is 5.51 Å². The summed E-state index contributed by atoms with van der Waals surface area (Å²) in [7, 11) is -3.01. The van der Waals surface area contributed by atoms with E-state index in [1.54, 1.807) is 0 Å². The Balaban J connectivity index is 1.35. The molecule has 5 nitrogen and oxygen atoms in total. The second-order valence-electron chi connectivity index (χ2n) is 7.58. The minimum Gasteiger partial charge on any atom is -0.370 e. The van der Waals surface area contributed by atoms with Crippen LogP contribution >= 0.6 is 0 Å². The number of nitrogens with zero attached hydrogens (tertiary/aromatic N) is 2. The van der Waals surface area contributed by atoms with Crippen LogP contribution in [0.3, 0.4) is 0 Å². The molecule has 29 heavy (non-hydrogen) atoms. The molecule has 1 aromatic rings. The Bertz CT molecular complexity index is 844. The number of hydrogen-bond acceptors (Lipinski definition) is 4. The number of hydrogen-bond donors (Lipinski definition) is 1. The number of nitrogens with two attached hydrogens (primary N) is 1. The summed E-state index contributed by atoms with van der Waals surface area (Å²) in [5.41, 5.74) is 3.20. The molecule has 3 aliphatic rings. The Morgan fingerprint density at radius 2 is 1.76 bits per heavy atom. The van der Waals surface area contributed by atoms with E-state index in [1.165, 1.54) is 0 Å². The smallest absolute Gasteiger partial charge is 0.370 e. The van der Waals surface area contributed by atoms with E-state index in [9.17, 15) is 26.2 Å².